The number of benzene rings is 1. The normalized spacial score (nSPS) is 17.8. The van der Waals surface area contributed by atoms with E-state index in [-0.39, 0.29) is 11.8 Å². The van der Waals surface area contributed by atoms with E-state index < -0.39 is 10.0 Å². The largest absolute Gasteiger partial charge is 0.491 e. The fourth-order valence-electron chi connectivity index (χ4n) is 2.34. The molecule has 0 aliphatic carbocycles. The van der Waals surface area contributed by atoms with Gasteiger partial charge in [0, 0.05) is 11.6 Å². The second kappa shape index (κ2) is 7.24. The first-order valence-electron chi connectivity index (χ1n) is 7.43. The smallest absolute Gasteiger partial charge is 0.212 e. The van der Waals surface area contributed by atoms with Crippen molar-refractivity contribution in [3.63, 3.8) is 0 Å². The molecule has 2 rings (SSSR count). The van der Waals surface area contributed by atoms with Crippen LogP contribution in [0.3, 0.4) is 0 Å². The van der Waals surface area contributed by atoms with Crippen molar-refractivity contribution in [2.45, 2.75) is 38.8 Å². The Morgan fingerprint density at radius 3 is 2.81 bits per heavy atom. The van der Waals surface area contributed by atoms with Gasteiger partial charge in [-0.25, -0.2) is 13.1 Å². The summed E-state index contributed by atoms with van der Waals surface area (Å²) in [5, 5.41) is 3.28. The van der Waals surface area contributed by atoms with E-state index in [2.05, 4.69) is 23.9 Å². The number of hydrogen-bond donors (Lipinski definition) is 2. The number of para-hydroxylation sites is 1. The van der Waals surface area contributed by atoms with E-state index in [1.165, 1.54) is 0 Å². The molecule has 1 unspecified atom stereocenters. The van der Waals surface area contributed by atoms with Gasteiger partial charge in [-0.05, 0) is 25.5 Å². The molecule has 1 atom stereocenters. The minimum Gasteiger partial charge on any atom is -0.491 e. The van der Waals surface area contributed by atoms with Gasteiger partial charge in [-0.15, -0.1) is 0 Å². The first-order valence-corrected chi connectivity index (χ1v) is 9.08. The van der Waals surface area contributed by atoms with Crippen LogP contribution in [0.1, 0.15) is 38.3 Å². The van der Waals surface area contributed by atoms with Crippen LogP contribution in [0.2, 0.25) is 0 Å². The van der Waals surface area contributed by atoms with Crippen LogP contribution < -0.4 is 14.8 Å². The van der Waals surface area contributed by atoms with Gasteiger partial charge in [-0.1, -0.05) is 32.0 Å². The Morgan fingerprint density at radius 2 is 2.05 bits per heavy atom. The van der Waals surface area contributed by atoms with Crippen molar-refractivity contribution in [2.24, 2.45) is 0 Å². The van der Waals surface area contributed by atoms with Crippen LogP contribution in [0.4, 0.5) is 0 Å². The lowest BCUT2D eigenvalue weighted by molar-refractivity contribution is 0.325. The lowest BCUT2D eigenvalue weighted by atomic mass is 10.1. The molecule has 1 heterocycles. The average molecular weight is 312 g/mol. The van der Waals surface area contributed by atoms with Gasteiger partial charge in [0.05, 0.1) is 11.8 Å². The molecular formula is C15H24N2O3S. The molecular weight excluding hydrogens is 288 g/mol. The van der Waals surface area contributed by atoms with Crippen LogP contribution in [0.15, 0.2) is 24.3 Å². The van der Waals surface area contributed by atoms with Crippen molar-refractivity contribution in [1.82, 2.24) is 10.0 Å². The summed E-state index contributed by atoms with van der Waals surface area (Å²) in [6.45, 7) is 5.38. The minimum atomic E-state index is -3.27. The van der Waals surface area contributed by atoms with Crippen molar-refractivity contribution in [3.8, 4) is 5.75 Å². The molecule has 1 aromatic carbocycles. The highest BCUT2D eigenvalue weighted by molar-refractivity contribution is 7.89. The third-order valence-electron chi connectivity index (χ3n) is 3.41. The van der Waals surface area contributed by atoms with Crippen LogP contribution in [0.25, 0.3) is 0 Å². The molecule has 0 amide bonds. The molecule has 1 aliphatic heterocycles. The highest BCUT2D eigenvalue weighted by Crippen LogP contribution is 2.32. The fourth-order valence-corrected chi connectivity index (χ4v) is 3.67. The summed E-state index contributed by atoms with van der Waals surface area (Å²) in [5.41, 5.74) is 0.919. The second-order valence-electron chi connectivity index (χ2n) is 5.65. The van der Waals surface area contributed by atoms with Gasteiger partial charge >= 0.3 is 0 Å². The van der Waals surface area contributed by atoms with Crippen molar-refractivity contribution in [2.75, 3.05) is 18.9 Å². The molecule has 118 valence electrons. The lowest BCUT2D eigenvalue weighted by Gasteiger charge is -2.12. The van der Waals surface area contributed by atoms with Crippen LogP contribution in [0, 0.1) is 0 Å². The van der Waals surface area contributed by atoms with E-state index in [4.69, 9.17) is 4.74 Å². The predicted molar refractivity (Wildman–Crippen MR) is 84.0 cm³/mol. The monoisotopic (exact) mass is 312 g/mol. The summed E-state index contributed by atoms with van der Waals surface area (Å²) in [6, 6.07) is 7.72. The minimum absolute atomic E-state index is 0.158. The van der Waals surface area contributed by atoms with Gasteiger partial charge in [0.15, 0.2) is 0 Å². The summed E-state index contributed by atoms with van der Waals surface area (Å²) in [6.07, 6.45) is 1.52. The molecule has 0 saturated carbocycles. The maximum Gasteiger partial charge on any atom is 0.212 e. The van der Waals surface area contributed by atoms with Gasteiger partial charge in [-0.3, -0.25) is 0 Å². The Labute approximate surface area is 127 Å². The van der Waals surface area contributed by atoms with E-state index in [0.717, 1.165) is 24.3 Å². The van der Waals surface area contributed by atoms with Gasteiger partial charge in [0.1, 0.15) is 12.4 Å². The van der Waals surface area contributed by atoms with E-state index >= 15 is 0 Å². The molecule has 6 heteroatoms. The van der Waals surface area contributed by atoms with Gasteiger partial charge in [0.25, 0.3) is 0 Å². The number of ether oxygens (including phenoxy) is 1. The molecule has 0 aromatic heterocycles. The SMILES string of the molecule is CC(C)NCCCCS(=O)(=O)NC1COc2ccccc21. The Hall–Kier alpha value is -1.11. The van der Waals surface area contributed by atoms with Crippen molar-refractivity contribution >= 4 is 10.0 Å². The first kappa shape index (κ1) is 16.3. The Kier molecular flexibility index (Phi) is 5.61. The number of sulfonamides is 1. The fraction of sp³-hybridized carbons (Fsp3) is 0.600. The third kappa shape index (κ3) is 4.98. The van der Waals surface area contributed by atoms with Crippen molar-refractivity contribution in [3.05, 3.63) is 29.8 Å². The molecule has 0 radical (unpaired) electrons. The lowest BCUT2D eigenvalue weighted by Crippen LogP contribution is -2.32. The van der Waals surface area contributed by atoms with Gasteiger partial charge < -0.3 is 10.1 Å². The zero-order chi connectivity index (χ0) is 15.3. The number of hydrogen-bond acceptors (Lipinski definition) is 4. The number of unbranched alkanes of at least 4 members (excludes halogenated alkanes) is 1. The van der Waals surface area contributed by atoms with E-state index in [0.29, 0.717) is 19.1 Å². The first-order chi connectivity index (χ1) is 9.98. The van der Waals surface area contributed by atoms with Crippen molar-refractivity contribution < 1.29 is 13.2 Å². The zero-order valence-electron chi connectivity index (χ0n) is 12.6. The Bertz CT molecular complexity index is 558. The Morgan fingerprint density at radius 1 is 1.29 bits per heavy atom. The summed E-state index contributed by atoms with van der Waals surface area (Å²) in [4.78, 5) is 0. The highest BCUT2D eigenvalue weighted by Gasteiger charge is 2.27. The van der Waals surface area contributed by atoms with E-state index in [1.54, 1.807) is 0 Å². The van der Waals surface area contributed by atoms with Crippen LogP contribution in [0.5, 0.6) is 5.75 Å². The van der Waals surface area contributed by atoms with Crippen molar-refractivity contribution in [1.29, 1.82) is 0 Å². The third-order valence-corrected chi connectivity index (χ3v) is 4.88. The van der Waals surface area contributed by atoms with Gasteiger partial charge in [0.2, 0.25) is 10.0 Å². The predicted octanol–water partition coefficient (Wildman–Crippen LogP) is 1.82. The molecule has 1 aromatic rings. The quantitative estimate of drug-likeness (QED) is 0.719. The zero-order valence-corrected chi connectivity index (χ0v) is 13.4. The summed E-state index contributed by atoms with van der Waals surface area (Å²) >= 11 is 0. The molecule has 21 heavy (non-hydrogen) atoms. The number of fused-ring (bicyclic) bond motifs is 1. The van der Waals surface area contributed by atoms with Crippen LogP contribution in [-0.4, -0.2) is 33.4 Å². The summed E-state index contributed by atoms with van der Waals surface area (Å²) in [7, 11) is -3.27. The molecule has 5 nitrogen and oxygen atoms in total. The molecule has 2 N–H and O–H groups in total. The average Bonchev–Trinajstić information content (AvgIpc) is 2.81. The number of nitrogens with one attached hydrogen (secondary N) is 2. The molecule has 0 fully saturated rings. The van der Waals surface area contributed by atoms with Crippen LogP contribution >= 0.6 is 0 Å². The topological polar surface area (TPSA) is 67.4 Å². The molecule has 1 aliphatic rings. The molecule has 0 spiro atoms. The van der Waals surface area contributed by atoms with Gasteiger partial charge in [-0.2, -0.15) is 0 Å². The molecule has 0 bridgehead atoms. The summed E-state index contributed by atoms with van der Waals surface area (Å²) in [5.74, 6) is 0.928. The molecule has 0 saturated heterocycles. The standard InChI is InChI=1S/C15H24N2O3S/c1-12(2)16-9-5-6-10-21(18,19)17-14-11-20-15-8-4-3-7-13(14)15/h3-4,7-8,12,14,16-17H,5-6,9-11H2,1-2H3. The Balaban J connectivity index is 1.80. The van der Waals surface area contributed by atoms with Crippen LogP contribution in [-0.2, 0) is 10.0 Å². The highest BCUT2D eigenvalue weighted by atomic mass is 32.2. The number of rotatable bonds is 8. The van der Waals surface area contributed by atoms with E-state index in [1.807, 2.05) is 24.3 Å². The second-order valence-corrected chi connectivity index (χ2v) is 7.53. The maximum absolute atomic E-state index is 12.1. The maximum atomic E-state index is 12.1. The summed E-state index contributed by atoms with van der Waals surface area (Å²) < 4.78 is 32.4. The van der Waals surface area contributed by atoms with E-state index in [9.17, 15) is 8.42 Å².